The molecule has 16 heavy (non-hydrogen) atoms. The molecule has 0 N–H and O–H groups in total. The molecule has 0 radical (unpaired) electrons. The van der Waals surface area contributed by atoms with E-state index >= 15 is 0 Å². The van der Waals surface area contributed by atoms with Gasteiger partial charge in [-0.15, -0.1) is 0 Å². The van der Waals surface area contributed by atoms with Crippen LogP contribution in [0.1, 0.15) is 12.5 Å². The standard InChI is InChI=1S/C13H11NO2/c1-2-16-12(15)13(9-14)8-11(13)10-6-4-3-5-7-10/h3-8H,2H2,1H3. The highest BCUT2D eigenvalue weighted by Crippen LogP contribution is 2.51. The first kappa shape index (κ1) is 10.4. The van der Waals surface area contributed by atoms with Gasteiger partial charge in [-0.2, -0.15) is 5.26 Å². The van der Waals surface area contributed by atoms with Crippen molar-refractivity contribution in [2.24, 2.45) is 5.41 Å². The largest absolute Gasteiger partial charge is 0.464 e. The van der Waals surface area contributed by atoms with E-state index in [1.165, 1.54) is 0 Å². The zero-order valence-corrected chi connectivity index (χ0v) is 8.93. The van der Waals surface area contributed by atoms with Crippen LogP contribution in [0.25, 0.3) is 5.57 Å². The van der Waals surface area contributed by atoms with Crippen LogP contribution in [-0.2, 0) is 9.53 Å². The molecule has 0 fully saturated rings. The molecule has 1 aromatic carbocycles. The van der Waals surface area contributed by atoms with E-state index < -0.39 is 11.4 Å². The molecule has 2 rings (SSSR count). The second kappa shape index (κ2) is 3.82. The molecule has 0 amide bonds. The minimum absolute atomic E-state index is 0.290. The Bertz CT molecular complexity index is 484. The minimum Gasteiger partial charge on any atom is -0.464 e. The summed E-state index contributed by atoms with van der Waals surface area (Å²) in [5, 5.41) is 9.08. The summed E-state index contributed by atoms with van der Waals surface area (Å²) in [5.41, 5.74) is 0.503. The average Bonchev–Trinajstić information content (AvgIpc) is 3.06. The number of carbonyl (C=O) groups is 1. The summed E-state index contributed by atoms with van der Waals surface area (Å²) >= 11 is 0. The monoisotopic (exact) mass is 213 g/mol. The number of nitriles is 1. The van der Waals surface area contributed by atoms with Gasteiger partial charge in [-0.1, -0.05) is 30.3 Å². The summed E-state index contributed by atoms with van der Waals surface area (Å²) < 4.78 is 4.90. The first-order valence-electron chi connectivity index (χ1n) is 5.12. The fourth-order valence-corrected chi connectivity index (χ4v) is 1.66. The van der Waals surface area contributed by atoms with Crippen LogP contribution in [0.4, 0.5) is 0 Å². The van der Waals surface area contributed by atoms with Crippen molar-refractivity contribution in [3.63, 3.8) is 0 Å². The highest BCUT2D eigenvalue weighted by Gasteiger charge is 2.53. The van der Waals surface area contributed by atoms with Gasteiger partial charge in [0.15, 0.2) is 5.41 Å². The van der Waals surface area contributed by atoms with Gasteiger partial charge in [0.25, 0.3) is 0 Å². The number of hydrogen-bond donors (Lipinski definition) is 0. The average molecular weight is 213 g/mol. The molecule has 3 nitrogen and oxygen atoms in total. The van der Waals surface area contributed by atoms with Crippen LogP contribution in [0.2, 0.25) is 0 Å². The Labute approximate surface area is 94.0 Å². The Morgan fingerprint density at radius 1 is 1.44 bits per heavy atom. The highest BCUT2D eigenvalue weighted by molar-refractivity contribution is 6.08. The number of hydrogen-bond acceptors (Lipinski definition) is 3. The predicted molar refractivity (Wildman–Crippen MR) is 59.1 cm³/mol. The van der Waals surface area contributed by atoms with Crippen molar-refractivity contribution in [1.82, 2.24) is 0 Å². The van der Waals surface area contributed by atoms with Gasteiger partial charge < -0.3 is 4.74 Å². The van der Waals surface area contributed by atoms with Crippen LogP contribution in [-0.4, -0.2) is 12.6 Å². The van der Waals surface area contributed by atoms with Gasteiger partial charge in [0.1, 0.15) is 0 Å². The van der Waals surface area contributed by atoms with Crippen LogP contribution < -0.4 is 0 Å². The van der Waals surface area contributed by atoms with Gasteiger partial charge in [-0.25, -0.2) is 4.79 Å². The predicted octanol–water partition coefficient (Wildman–Crippen LogP) is 2.16. The van der Waals surface area contributed by atoms with Gasteiger partial charge in [0.05, 0.1) is 12.7 Å². The molecule has 0 aromatic heterocycles. The van der Waals surface area contributed by atoms with E-state index in [9.17, 15) is 4.79 Å². The molecule has 0 saturated heterocycles. The molecular formula is C13H11NO2. The van der Waals surface area contributed by atoms with Crippen molar-refractivity contribution in [3.8, 4) is 6.07 Å². The van der Waals surface area contributed by atoms with Crippen molar-refractivity contribution in [3.05, 3.63) is 42.0 Å². The molecular weight excluding hydrogens is 202 g/mol. The minimum atomic E-state index is -1.14. The number of rotatable bonds is 3. The third-order valence-corrected chi connectivity index (χ3v) is 2.56. The van der Waals surface area contributed by atoms with E-state index in [-0.39, 0.29) is 6.61 Å². The molecule has 0 spiro atoms. The quantitative estimate of drug-likeness (QED) is 0.723. The molecule has 1 aliphatic rings. The van der Waals surface area contributed by atoms with Crippen LogP contribution in [0.5, 0.6) is 0 Å². The molecule has 1 aliphatic carbocycles. The summed E-state index contributed by atoms with van der Waals surface area (Å²) in [6, 6.07) is 11.4. The summed E-state index contributed by atoms with van der Waals surface area (Å²) in [7, 11) is 0. The lowest BCUT2D eigenvalue weighted by molar-refractivity contribution is -0.146. The Balaban J connectivity index is 2.21. The molecule has 0 bridgehead atoms. The van der Waals surface area contributed by atoms with E-state index in [2.05, 4.69) is 0 Å². The second-order valence-corrected chi connectivity index (χ2v) is 3.56. The molecule has 80 valence electrons. The van der Waals surface area contributed by atoms with Crippen molar-refractivity contribution in [1.29, 1.82) is 5.26 Å². The molecule has 1 atom stereocenters. The molecule has 0 saturated carbocycles. The number of benzene rings is 1. The van der Waals surface area contributed by atoms with Crippen LogP contribution in [0.15, 0.2) is 36.4 Å². The molecule has 1 aromatic rings. The zero-order chi connectivity index (χ0) is 11.6. The third-order valence-electron chi connectivity index (χ3n) is 2.56. The van der Waals surface area contributed by atoms with Crippen molar-refractivity contribution >= 4 is 11.5 Å². The van der Waals surface area contributed by atoms with Crippen LogP contribution in [0, 0.1) is 16.7 Å². The van der Waals surface area contributed by atoms with Crippen molar-refractivity contribution in [2.75, 3.05) is 6.61 Å². The normalized spacial score (nSPS) is 21.9. The number of carbonyl (C=O) groups excluding carboxylic acids is 1. The Morgan fingerprint density at radius 3 is 2.69 bits per heavy atom. The lowest BCUT2D eigenvalue weighted by atomic mass is 9.98. The summed E-state index contributed by atoms with van der Waals surface area (Å²) in [4.78, 5) is 11.6. The maximum Gasteiger partial charge on any atom is 0.335 e. The summed E-state index contributed by atoms with van der Waals surface area (Å²) in [5.74, 6) is -0.476. The second-order valence-electron chi connectivity index (χ2n) is 3.56. The maximum absolute atomic E-state index is 11.6. The molecule has 0 heterocycles. The SMILES string of the molecule is CCOC(=O)C1(C#N)C=C1c1ccccc1. The third kappa shape index (κ3) is 1.49. The van der Waals surface area contributed by atoms with Crippen molar-refractivity contribution in [2.45, 2.75) is 6.92 Å². The number of ether oxygens (including phenoxy) is 1. The fraction of sp³-hybridized carbons (Fsp3) is 0.231. The van der Waals surface area contributed by atoms with Gasteiger partial charge >= 0.3 is 5.97 Å². The van der Waals surface area contributed by atoms with Gasteiger partial charge in [-0.05, 0) is 24.1 Å². The van der Waals surface area contributed by atoms with E-state index in [1.54, 1.807) is 13.0 Å². The fourth-order valence-electron chi connectivity index (χ4n) is 1.66. The van der Waals surface area contributed by atoms with E-state index in [0.29, 0.717) is 0 Å². The molecule has 3 heteroatoms. The lowest BCUT2D eigenvalue weighted by Gasteiger charge is -2.08. The maximum atomic E-state index is 11.6. The zero-order valence-electron chi connectivity index (χ0n) is 8.93. The van der Waals surface area contributed by atoms with Gasteiger partial charge in [0.2, 0.25) is 0 Å². The lowest BCUT2D eigenvalue weighted by Crippen LogP contribution is -2.20. The number of nitrogens with zero attached hydrogens (tertiary/aromatic N) is 1. The summed E-state index contributed by atoms with van der Waals surface area (Å²) in [6.07, 6.45) is 1.65. The van der Waals surface area contributed by atoms with Crippen LogP contribution in [0.3, 0.4) is 0 Å². The molecule has 0 aliphatic heterocycles. The number of esters is 1. The van der Waals surface area contributed by atoms with Gasteiger partial charge in [0, 0.05) is 0 Å². The first-order valence-corrected chi connectivity index (χ1v) is 5.12. The highest BCUT2D eigenvalue weighted by atomic mass is 16.5. The first-order chi connectivity index (χ1) is 7.74. The van der Waals surface area contributed by atoms with E-state index in [4.69, 9.17) is 10.00 Å². The Morgan fingerprint density at radius 2 is 2.12 bits per heavy atom. The van der Waals surface area contributed by atoms with E-state index in [1.807, 2.05) is 36.4 Å². The Hall–Kier alpha value is -2.08. The van der Waals surface area contributed by atoms with Gasteiger partial charge in [-0.3, -0.25) is 0 Å². The van der Waals surface area contributed by atoms with Crippen LogP contribution >= 0.6 is 0 Å². The smallest absolute Gasteiger partial charge is 0.335 e. The van der Waals surface area contributed by atoms with E-state index in [0.717, 1.165) is 11.1 Å². The molecule has 1 unspecified atom stereocenters. The summed E-state index contributed by atoms with van der Waals surface area (Å²) in [6.45, 7) is 2.02. The topological polar surface area (TPSA) is 50.1 Å². The Kier molecular flexibility index (Phi) is 2.49. The van der Waals surface area contributed by atoms with Crippen molar-refractivity contribution < 1.29 is 9.53 Å².